The topological polar surface area (TPSA) is 57.2 Å². The van der Waals surface area contributed by atoms with Crippen molar-refractivity contribution in [2.75, 3.05) is 25.7 Å². The highest BCUT2D eigenvalue weighted by Crippen LogP contribution is 2.38. The number of hydrogen-bond donors (Lipinski definition) is 0. The van der Waals surface area contributed by atoms with Gasteiger partial charge in [0, 0.05) is 30.6 Å². The number of benzene rings is 3. The van der Waals surface area contributed by atoms with Crippen LogP contribution < -0.4 is 23.8 Å². The summed E-state index contributed by atoms with van der Waals surface area (Å²) >= 11 is 0. The third-order valence-corrected chi connectivity index (χ3v) is 7.05. The van der Waals surface area contributed by atoms with E-state index in [1.165, 1.54) is 12.8 Å². The molecule has 6 heteroatoms. The lowest BCUT2D eigenvalue weighted by atomic mass is 9.98. The maximum absolute atomic E-state index is 13.0. The molecule has 0 bridgehead atoms. The Kier molecular flexibility index (Phi) is 7.31. The molecule has 36 heavy (non-hydrogen) atoms. The molecule has 188 valence electrons. The van der Waals surface area contributed by atoms with Crippen molar-refractivity contribution in [3.8, 4) is 23.0 Å². The highest BCUT2D eigenvalue weighted by Gasteiger charge is 2.32. The van der Waals surface area contributed by atoms with E-state index >= 15 is 0 Å². The number of ether oxygens (including phenoxy) is 4. The second-order valence-corrected chi connectivity index (χ2v) is 9.48. The van der Waals surface area contributed by atoms with Gasteiger partial charge in [-0.3, -0.25) is 4.79 Å². The monoisotopic (exact) mass is 487 g/mol. The van der Waals surface area contributed by atoms with Crippen molar-refractivity contribution < 1.29 is 23.7 Å². The summed E-state index contributed by atoms with van der Waals surface area (Å²) in [4.78, 5) is 14.9. The van der Waals surface area contributed by atoms with Gasteiger partial charge in [0.1, 0.15) is 18.1 Å². The fraction of sp³-hybridized carbons (Fsp3) is 0.367. The number of carbonyl (C=O) groups is 1. The molecule has 1 saturated heterocycles. The molecule has 3 aromatic rings. The van der Waals surface area contributed by atoms with Gasteiger partial charge in [-0.2, -0.15) is 0 Å². The molecule has 1 aliphatic carbocycles. The van der Waals surface area contributed by atoms with Crippen LogP contribution in [0.5, 0.6) is 23.0 Å². The number of rotatable bonds is 9. The minimum absolute atomic E-state index is 0.0932. The first-order valence-corrected chi connectivity index (χ1v) is 12.6. The summed E-state index contributed by atoms with van der Waals surface area (Å²) in [5.41, 5.74) is 2.97. The Morgan fingerprint density at radius 2 is 1.67 bits per heavy atom. The Hall–Kier alpha value is -3.67. The highest BCUT2D eigenvalue weighted by atomic mass is 16.5. The zero-order valence-corrected chi connectivity index (χ0v) is 20.9. The maximum atomic E-state index is 13.0. The summed E-state index contributed by atoms with van der Waals surface area (Å²) in [6.45, 7) is 1.04. The minimum atomic E-state index is 0.0932. The Labute approximate surface area is 212 Å². The first kappa shape index (κ1) is 24.0. The number of methoxy groups -OCH3 is 2. The quantitative estimate of drug-likeness (QED) is 0.364. The Balaban J connectivity index is 1.28. The van der Waals surface area contributed by atoms with Crippen molar-refractivity contribution in [2.24, 2.45) is 0 Å². The van der Waals surface area contributed by atoms with Crippen LogP contribution in [-0.4, -0.2) is 32.8 Å². The van der Waals surface area contributed by atoms with Crippen molar-refractivity contribution in [3.63, 3.8) is 0 Å². The maximum Gasteiger partial charge on any atom is 0.227 e. The van der Waals surface area contributed by atoms with E-state index in [1.54, 1.807) is 14.2 Å². The van der Waals surface area contributed by atoms with Crippen LogP contribution >= 0.6 is 0 Å². The lowest BCUT2D eigenvalue weighted by molar-refractivity contribution is -0.117. The second-order valence-electron chi connectivity index (χ2n) is 9.48. The van der Waals surface area contributed by atoms with Crippen LogP contribution in [0.4, 0.5) is 5.69 Å². The Morgan fingerprint density at radius 3 is 2.47 bits per heavy atom. The molecule has 2 aliphatic rings. The van der Waals surface area contributed by atoms with Gasteiger partial charge in [0.05, 0.1) is 20.3 Å². The summed E-state index contributed by atoms with van der Waals surface area (Å²) < 4.78 is 23.1. The average molecular weight is 488 g/mol. The fourth-order valence-corrected chi connectivity index (χ4v) is 5.08. The van der Waals surface area contributed by atoms with Gasteiger partial charge in [0.15, 0.2) is 11.5 Å². The van der Waals surface area contributed by atoms with Gasteiger partial charge < -0.3 is 23.8 Å². The van der Waals surface area contributed by atoms with Crippen LogP contribution in [0.2, 0.25) is 0 Å². The van der Waals surface area contributed by atoms with Crippen molar-refractivity contribution in [1.82, 2.24) is 0 Å². The van der Waals surface area contributed by atoms with E-state index in [4.69, 9.17) is 18.9 Å². The molecule has 1 amide bonds. The van der Waals surface area contributed by atoms with Gasteiger partial charge in [-0.25, -0.2) is 0 Å². The summed E-state index contributed by atoms with van der Waals surface area (Å²) in [6.07, 6.45) is 5.29. The van der Waals surface area contributed by atoms with Crippen molar-refractivity contribution in [2.45, 2.75) is 50.7 Å². The molecule has 0 spiro atoms. The van der Waals surface area contributed by atoms with Gasteiger partial charge in [-0.1, -0.05) is 24.3 Å². The lowest BCUT2D eigenvalue weighted by Crippen LogP contribution is -2.24. The molecule has 0 N–H and O–H groups in total. The summed E-state index contributed by atoms with van der Waals surface area (Å²) in [5, 5.41) is 0. The first-order chi connectivity index (χ1) is 17.6. The molecule has 1 heterocycles. The van der Waals surface area contributed by atoms with Crippen LogP contribution in [0, 0.1) is 0 Å². The standard InChI is InChI=1S/C30H33NO5/c1-33-26-11-5-7-21(15-26)20-35-27-12-6-8-24(18-27)31-19-23(17-30(31)32)22-13-14-28(34-2)29(16-22)36-25-9-3-4-10-25/h5-8,11-16,18,23,25H,3-4,9-10,17,19-20H2,1-2H3/t23-/m0/s1. The SMILES string of the molecule is COc1cccc(COc2cccc(N3C[C@@H](c4ccc(OC)c(OC5CCCC5)c4)CC3=O)c2)c1. The van der Waals surface area contributed by atoms with Crippen molar-refractivity contribution in [1.29, 1.82) is 0 Å². The fourth-order valence-electron chi connectivity index (χ4n) is 5.08. The van der Waals surface area contributed by atoms with E-state index in [2.05, 4.69) is 12.1 Å². The number of nitrogens with zero attached hydrogens (tertiary/aromatic N) is 1. The van der Waals surface area contributed by atoms with Crippen molar-refractivity contribution in [3.05, 3.63) is 77.9 Å². The van der Waals surface area contributed by atoms with Crippen LogP contribution in [0.1, 0.15) is 49.1 Å². The van der Waals surface area contributed by atoms with Crippen LogP contribution in [0.15, 0.2) is 66.7 Å². The summed E-state index contributed by atoms with van der Waals surface area (Å²) in [6, 6.07) is 21.6. The predicted molar refractivity (Wildman–Crippen MR) is 139 cm³/mol. The molecule has 1 atom stereocenters. The van der Waals surface area contributed by atoms with Gasteiger partial charge in [-0.05, 0) is 73.2 Å². The molecule has 3 aromatic carbocycles. The minimum Gasteiger partial charge on any atom is -0.497 e. The average Bonchev–Trinajstić information content (AvgIpc) is 3.57. The number of carbonyl (C=O) groups excluding carboxylic acids is 1. The number of hydrogen-bond acceptors (Lipinski definition) is 5. The third kappa shape index (κ3) is 5.43. The van der Waals surface area contributed by atoms with Gasteiger partial charge in [0.2, 0.25) is 5.91 Å². The van der Waals surface area contributed by atoms with Crippen molar-refractivity contribution >= 4 is 11.6 Å². The third-order valence-electron chi connectivity index (χ3n) is 7.05. The normalized spacial score (nSPS) is 17.9. The molecule has 2 fully saturated rings. The molecule has 6 nitrogen and oxygen atoms in total. The molecular formula is C30H33NO5. The van der Waals surface area contributed by atoms with Gasteiger partial charge in [0.25, 0.3) is 0 Å². The van der Waals surface area contributed by atoms with E-state index in [0.29, 0.717) is 19.6 Å². The van der Waals surface area contributed by atoms with E-state index in [0.717, 1.165) is 52.7 Å². The summed E-state index contributed by atoms with van der Waals surface area (Å²) in [5.74, 6) is 3.25. The molecule has 0 unspecified atom stereocenters. The molecule has 1 saturated carbocycles. The van der Waals surface area contributed by atoms with E-state index in [-0.39, 0.29) is 17.9 Å². The van der Waals surface area contributed by atoms with Gasteiger partial charge >= 0.3 is 0 Å². The molecule has 0 aromatic heterocycles. The Bertz CT molecular complexity index is 1200. The second kappa shape index (κ2) is 10.9. The van der Waals surface area contributed by atoms with Crippen LogP contribution in [0.3, 0.4) is 0 Å². The molecule has 1 aliphatic heterocycles. The van der Waals surface area contributed by atoms with Crippen LogP contribution in [0.25, 0.3) is 0 Å². The predicted octanol–water partition coefficient (Wildman–Crippen LogP) is 6.12. The summed E-state index contributed by atoms with van der Waals surface area (Å²) in [7, 11) is 3.32. The molecule has 5 rings (SSSR count). The van der Waals surface area contributed by atoms with Gasteiger partial charge in [-0.15, -0.1) is 0 Å². The smallest absolute Gasteiger partial charge is 0.227 e. The molecule has 0 radical (unpaired) electrons. The van der Waals surface area contributed by atoms with E-state index in [1.807, 2.05) is 59.5 Å². The first-order valence-electron chi connectivity index (χ1n) is 12.6. The largest absolute Gasteiger partial charge is 0.497 e. The molecular weight excluding hydrogens is 454 g/mol. The zero-order chi connectivity index (χ0) is 24.9. The number of amides is 1. The van der Waals surface area contributed by atoms with E-state index in [9.17, 15) is 4.79 Å². The lowest BCUT2D eigenvalue weighted by Gasteiger charge is -2.20. The highest BCUT2D eigenvalue weighted by molar-refractivity contribution is 5.96. The number of anilines is 1. The zero-order valence-electron chi connectivity index (χ0n) is 20.9. The van der Waals surface area contributed by atoms with E-state index < -0.39 is 0 Å². The van der Waals surface area contributed by atoms with Crippen LogP contribution in [-0.2, 0) is 11.4 Å². The Morgan fingerprint density at radius 1 is 0.861 bits per heavy atom.